The molecule has 3 rings (SSSR count). The van der Waals surface area contributed by atoms with Crippen LogP contribution in [0.4, 0.5) is 5.82 Å². The van der Waals surface area contributed by atoms with E-state index in [9.17, 15) is 4.79 Å². The first-order chi connectivity index (χ1) is 10.1. The summed E-state index contributed by atoms with van der Waals surface area (Å²) in [6, 6.07) is 8.92. The molecule has 0 bridgehead atoms. The minimum absolute atomic E-state index is 0. The van der Waals surface area contributed by atoms with Crippen LogP contribution < -0.4 is 56.7 Å². The van der Waals surface area contributed by atoms with E-state index in [1.165, 1.54) is 0 Å². The number of hydrogen-bond acceptors (Lipinski definition) is 5. The van der Waals surface area contributed by atoms with Gasteiger partial charge in [-0.25, -0.2) is 9.97 Å². The predicted molar refractivity (Wildman–Crippen MR) is 82.1 cm³/mol. The van der Waals surface area contributed by atoms with Crippen LogP contribution >= 0.6 is 12.2 Å². The maximum absolute atomic E-state index is 12.3. The summed E-state index contributed by atoms with van der Waals surface area (Å²) < 4.78 is 5.68. The van der Waals surface area contributed by atoms with E-state index >= 15 is 0 Å². The molecule has 1 aromatic carbocycles. The number of fused-ring (bicyclic) bond motifs is 1. The van der Waals surface area contributed by atoms with Crippen molar-refractivity contribution in [3.8, 4) is 0 Å². The first-order valence-corrected chi connectivity index (χ1v) is 6.78. The zero-order valence-electron chi connectivity index (χ0n) is 12.5. The van der Waals surface area contributed by atoms with Crippen LogP contribution in [0.5, 0.6) is 0 Å². The van der Waals surface area contributed by atoms with E-state index in [4.69, 9.17) is 16.6 Å². The maximum Gasteiger partial charge on any atom is 1.00 e. The molecule has 1 amide bonds. The first kappa shape index (κ1) is 17.5. The molecule has 106 valence electrons. The molecular weight excluding hydrogens is 325 g/mol. The zero-order valence-corrected chi connectivity index (χ0v) is 16.4. The summed E-state index contributed by atoms with van der Waals surface area (Å²) in [5.74, 6) is 0.867. The zero-order chi connectivity index (χ0) is 15.0. The number of aryl methyl sites for hydroxylation is 2. The van der Waals surface area contributed by atoms with Gasteiger partial charge in [-0.1, -0.05) is 37.4 Å². The van der Waals surface area contributed by atoms with Crippen LogP contribution in [0.15, 0.2) is 34.7 Å². The number of aromatic nitrogens is 2. The summed E-state index contributed by atoms with van der Waals surface area (Å²) in [7, 11) is 0. The Bertz CT molecular complexity index is 887. The Balaban J connectivity index is 0.00000176. The van der Waals surface area contributed by atoms with Gasteiger partial charge in [-0.2, -0.15) is 5.56 Å². The fourth-order valence-corrected chi connectivity index (χ4v) is 2.26. The molecule has 2 heterocycles. The van der Waals surface area contributed by atoms with E-state index in [0.29, 0.717) is 22.5 Å². The summed E-state index contributed by atoms with van der Waals surface area (Å²) >= 11 is 5.02. The topological polar surface area (TPSA) is 68.0 Å². The minimum Gasteiger partial charge on any atom is -0.549 e. The number of benzene rings is 1. The van der Waals surface area contributed by atoms with Crippen LogP contribution in [0, 0.1) is 18.6 Å². The molecule has 2 aromatic heterocycles. The number of hydrogen-bond donors (Lipinski definition) is 1. The molecule has 0 radical (unpaired) electrons. The Hall–Kier alpha value is -0.834. The Kier molecular flexibility index (Phi) is 5.70. The van der Waals surface area contributed by atoms with E-state index in [1.807, 2.05) is 19.9 Å². The average Bonchev–Trinajstić information content (AvgIpc) is 2.74. The number of anilines is 1. The Morgan fingerprint density at radius 3 is 2.59 bits per heavy atom. The molecule has 0 aliphatic carbocycles. The Morgan fingerprint density at radius 1 is 1.23 bits per heavy atom. The molecule has 5 nitrogen and oxygen atoms in total. The van der Waals surface area contributed by atoms with Crippen LogP contribution in [0.1, 0.15) is 21.7 Å². The van der Waals surface area contributed by atoms with Crippen molar-refractivity contribution in [2.24, 2.45) is 0 Å². The summed E-state index contributed by atoms with van der Waals surface area (Å²) in [6.45, 7) is 3.73. The van der Waals surface area contributed by atoms with Gasteiger partial charge in [0.25, 0.3) is 5.91 Å². The molecule has 22 heavy (non-hydrogen) atoms. The third kappa shape index (κ3) is 3.39. The third-order valence-electron chi connectivity index (χ3n) is 3.28. The molecule has 0 fully saturated rings. The number of furan rings is 1. The summed E-state index contributed by atoms with van der Waals surface area (Å²) in [5, 5.41) is 3.47. The Morgan fingerprint density at radius 2 is 1.91 bits per heavy atom. The Labute approximate surface area is 174 Å². The smallest absolute Gasteiger partial charge is 0.549 e. The van der Waals surface area contributed by atoms with Crippen molar-refractivity contribution in [3.63, 3.8) is 0 Å². The van der Waals surface area contributed by atoms with Crippen LogP contribution in [0.2, 0.25) is 0 Å². The van der Waals surface area contributed by atoms with Crippen LogP contribution in [0.3, 0.4) is 0 Å². The van der Waals surface area contributed by atoms with Gasteiger partial charge in [0.2, 0.25) is 4.77 Å². The van der Waals surface area contributed by atoms with Crippen LogP contribution in [-0.4, -0.2) is 15.9 Å². The third-order valence-corrected chi connectivity index (χ3v) is 3.46. The normalized spacial score (nSPS) is 10.3. The molecule has 1 N–H and O–H groups in total. The fraction of sp³-hybridized carbons (Fsp3) is 0.133. The summed E-state index contributed by atoms with van der Waals surface area (Å²) in [5.41, 5.74) is 1.84. The molecule has 0 atom stereocenters. The molecule has 0 spiro atoms. The van der Waals surface area contributed by atoms with Gasteiger partial charge < -0.3 is 9.73 Å². The van der Waals surface area contributed by atoms with E-state index in [1.54, 1.807) is 24.3 Å². The number of rotatable bonds is 2. The molecule has 0 aliphatic heterocycles. The molecule has 0 saturated heterocycles. The van der Waals surface area contributed by atoms with Gasteiger partial charge in [0.05, 0.1) is 5.82 Å². The number of carbonyl (C=O) groups is 1. The first-order valence-electron chi connectivity index (χ1n) is 6.37. The number of amides is 1. The van der Waals surface area contributed by atoms with Crippen LogP contribution in [-0.2, 0) is 0 Å². The molecule has 0 unspecified atom stereocenters. The number of nitrogens with one attached hydrogen (secondary N) is 1. The van der Waals surface area contributed by atoms with E-state index in [2.05, 4.69) is 15.3 Å². The maximum atomic E-state index is 12.3. The van der Waals surface area contributed by atoms with Crippen molar-refractivity contribution < 1.29 is 60.6 Å². The largest absolute Gasteiger partial charge is 1.00 e. The van der Waals surface area contributed by atoms with Gasteiger partial charge in [-0.15, -0.1) is 0 Å². The summed E-state index contributed by atoms with van der Waals surface area (Å²) in [4.78, 5) is 20.5. The van der Waals surface area contributed by atoms with Crippen molar-refractivity contribution in [1.82, 2.24) is 9.97 Å². The van der Waals surface area contributed by atoms with Gasteiger partial charge in [0.15, 0.2) is 0 Å². The quantitative estimate of drug-likeness (QED) is 0.420. The summed E-state index contributed by atoms with van der Waals surface area (Å²) in [6.07, 6.45) is 0. The van der Waals surface area contributed by atoms with Crippen molar-refractivity contribution in [2.75, 3.05) is 5.32 Å². The van der Waals surface area contributed by atoms with Gasteiger partial charge in [0, 0.05) is 5.56 Å². The standard InChI is InChI=1S/C15H12N3O2S.K/c1-8-9(2)20-14-11(8)12(17-15(21)18-14)16-13(19)10-6-4-3-5-7-10;/h3-7H,1-2H3,(H,16,17,19,21);/q-1;+1. The SMILES string of the molecule is Cc1oc2nc(=S)nc(NC(=O)c3ccccc3)[c-]2c1C.[K+]. The molecular formula is C15H12KN3O2S. The second kappa shape index (κ2) is 7.16. The molecule has 0 saturated carbocycles. The average molecular weight is 337 g/mol. The van der Waals surface area contributed by atoms with Crippen LogP contribution in [0.25, 0.3) is 11.1 Å². The second-order valence-corrected chi connectivity index (χ2v) is 5.00. The van der Waals surface area contributed by atoms with Gasteiger partial charge >= 0.3 is 51.4 Å². The monoisotopic (exact) mass is 337 g/mol. The molecule has 7 heteroatoms. The minimum atomic E-state index is -0.247. The van der Waals surface area contributed by atoms with E-state index in [-0.39, 0.29) is 62.1 Å². The van der Waals surface area contributed by atoms with Crippen molar-refractivity contribution in [3.05, 3.63) is 52.0 Å². The van der Waals surface area contributed by atoms with E-state index in [0.717, 1.165) is 11.3 Å². The number of nitrogens with zero attached hydrogens (tertiary/aromatic N) is 2. The van der Waals surface area contributed by atoms with Crippen molar-refractivity contribution in [2.45, 2.75) is 13.8 Å². The van der Waals surface area contributed by atoms with Gasteiger partial charge in [0.1, 0.15) is 5.71 Å². The van der Waals surface area contributed by atoms with Gasteiger partial charge in [-0.05, 0) is 30.1 Å². The fourth-order valence-electron chi connectivity index (χ4n) is 2.09. The van der Waals surface area contributed by atoms with Crippen molar-refractivity contribution >= 4 is 35.0 Å². The van der Waals surface area contributed by atoms with Crippen molar-refractivity contribution in [1.29, 1.82) is 0 Å². The van der Waals surface area contributed by atoms with Gasteiger partial charge in [-0.3, -0.25) is 4.79 Å². The number of carbonyl (C=O) groups excluding carboxylic acids is 1. The second-order valence-electron chi connectivity index (χ2n) is 4.64. The predicted octanol–water partition coefficient (Wildman–Crippen LogP) is 0.544. The van der Waals surface area contributed by atoms with E-state index < -0.39 is 0 Å². The molecule has 0 aliphatic rings. The molecule has 3 aromatic rings.